The highest BCUT2D eigenvalue weighted by Gasteiger charge is 2.46. The van der Waals surface area contributed by atoms with Crippen molar-refractivity contribution in [3.8, 4) is 0 Å². The molecule has 0 aromatic carbocycles. The summed E-state index contributed by atoms with van der Waals surface area (Å²) in [6.07, 6.45) is 2.10. The summed E-state index contributed by atoms with van der Waals surface area (Å²) in [5.74, 6) is -0.229. The summed E-state index contributed by atoms with van der Waals surface area (Å²) >= 11 is 0. The molecule has 0 aliphatic carbocycles. The summed E-state index contributed by atoms with van der Waals surface area (Å²) in [6, 6.07) is -1.22. The maximum Gasteiger partial charge on any atom is 0.407 e. The van der Waals surface area contributed by atoms with Crippen LogP contribution in [0.5, 0.6) is 0 Å². The molecule has 8 nitrogen and oxygen atoms in total. The summed E-state index contributed by atoms with van der Waals surface area (Å²) < 4.78 is 4.54. The number of methoxy groups -OCH3 is 1. The lowest BCUT2D eigenvalue weighted by molar-refractivity contribution is -0.147. The van der Waals surface area contributed by atoms with Crippen molar-refractivity contribution in [2.45, 2.75) is 43.8 Å². The molecule has 0 spiro atoms. The van der Waals surface area contributed by atoms with E-state index in [1.165, 1.54) is 7.11 Å². The van der Waals surface area contributed by atoms with Gasteiger partial charge < -0.3 is 26.0 Å². The van der Waals surface area contributed by atoms with Gasteiger partial charge in [-0.05, 0) is 32.2 Å². The van der Waals surface area contributed by atoms with Crippen molar-refractivity contribution in [3.05, 3.63) is 0 Å². The van der Waals surface area contributed by atoms with Crippen molar-refractivity contribution in [1.82, 2.24) is 15.5 Å². The van der Waals surface area contributed by atoms with Gasteiger partial charge in [-0.1, -0.05) is 0 Å². The van der Waals surface area contributed by atoms with Crippen molar-refractivity contribution >= 4 is 17.9 Å². The lowest BCUT2D eigenvalue weighted by atomic mass is 10.0. The molecule has 3 amide bonds. The molecular weight excluding hydrogens is 276 g/mol. The number of alkyl carbamates (subject to hydrolysis) is 1. The molecule has 2 aliphatic rings. The van der Waals surface area contributed by atoms with Crippen LogP contribution in [0, 0.1) is 0 Å². The molecule has 2 heterocycles. The Hall–Kier alpha value is -1.83. The normalized spacial score (nSPS) is 28.1. The van der Waals surface area contributed by atoms with Crippen molar-refractivity contribution < 1.29 is 19.1 Å². The molecule has 3 atom stereocenters. The quantitative estimate of drug-likeness (QED) is 0.560. The van der Waals surface area contributed by atoms with E-state index in [1.54, 1.807) is 4.90 Å². The number of hydrogen-bond donors (Lipinski definition) is 3. The Balaban J connectivity index is 1.96. The minimum atomic E-state index is -0.549. The highest BCUT2D eigenvalue weighted by molar-refractivity contribution is 5.97. The van der Waals surface area contributed by atoms with Crippen LogP contribution in [0.1, 0.15) is 25.7 Å². The van der Waals surface area contributed by atoms with Gasteiger partial charge in [0.25, 0.3) is 0 Å². The Morgan fingerprint density at radius 2 is 2.24 bits per heavy atom. The lowest BCUT2D eigenvalue weighted by Crippen LogP contribution is -2.61. The Morgan fingerprint density at radius 3 is 2.90 bits per heavy atom. The summed E-state index contributed by atoms with van der Waals surface area (Å²) in [4.78, 5) is 37.3. The number of carbonyl (C=O) groups is 3. The molecule has 0 aromatic heterocycles. The number of hydrogen-bond acceptors (Lipinski definition) is 5. The Bertz CT molecular complexity index is 428. The fourth-order valence-electron chi connectivity index (χ4n) is 2.88. The number of ether oxygens (including phenoxy) is 1. The van der Waals surface area contributed by atoms with Crippen LogP contribution in [0.15, 0.2) is 0 Å². The van der Waals surface area contributed by atoms with Crippen molar-refractivity contribution in [2.24, 2.45) is 5.73 Å². The van der Waals surface area contributed by atoms with E-state index < -0.39 is 18.2 Å². The minimum Gasteiger partial charge on any atom is -0.453 e. The van der Waals surface area contributed by atoms with Crippen molar-refractivity contribution in [3.63, 3.8) is 0 Å². The van der Waals surface area contributed by atoms with Gasteiger partial charge in [0.05, 0.1) is 13.2 Å². The summed E-state index contributed by atoms with van der Waals surface area (Å²) in [7, 11) is 1.28. The van der Waals surface area contributed by atoms with E-state index in [1.807, 2.05) is 0 Å². The molecule has 118 valence electrons. The van der Waals surface area contributed by atoms with Crippen LogP contribution in [0.4, 0.5) is 4.79 Å². The average molecular weight is 298 g/mol. The Labute approximate surface area is 123 Å². The van der Waals surface area contributed by atoms with E-state index in [0.717, 1.165) is 12.8 Å². The van der Waals surface area contributed by atoms with Crippen LogP contribution in [-0.2, 0) is 14.3 Å². The number of rotatable bonds is 5. The maximum absolute atomic E-state index is 12.4. The van der Waals surface area contributed by atoms with E-state index in [-0.39, 0.29) is 17.9 Å². The number of amides is 3. The number of nitrogens with one attached hydrogen (secondary N) is 2. The number of fused-ring (bicyclic) bond motifs is 1. The molecule has 2 rings (SSSR count). The minimum absolute atomic E-state index is 0.0780. The SMILES string of the molecule is COC(=O)N[C@H]1C[C@H]2C(=O)N[C@@H](CCCCN)C(=O)N2C1. The van der Waals surface area contributed by atoms with Gasteiger partial charge in [-0.25, -0.2) is 4.79 Å². The lowest BCUT2D eigenvalue weighted by Gasteiger charge is -2.34. The smallest absolute Gasteiger partial charge is 0.407 e. The van der Waals surface area contributed by atoms with Gasteiger partial charge in [0.15, 0.2) is 0 Å². The highest BCUT2D eigenvalue weighted by Crippen LogP contribution is 2.24. The molecule has 0 radical (unpaired) electrons. The van der Waals surface area contributed by atoms with Crippen LogP contribution in [0.3, 0.4) is 0 Å². The second-order valence-corrected chi connectivity index (χ2v) is 5.42. The van der Waals surface area contributed by atoms with Gasteiger partial charge in [-0.3, -0.25) is 9.59 Å². The third-order valence-corrected chi connectivity index (χ3v) is 3.96. The number of nitrogens with two attached hydrogens (primary N) is 1. The van der Waals surface area contributed by atoms with Crippen molar-refractivity contribution in [1.29, 1.82) is 0 Å². The zero-order valence-electron chi connectivity index (χ0n) is 12.1. The van der Waals surface area contributed by atoms with Crippen LogP contribution in [0.2, 0.25) is 0 Å². The van der Waals surface area contributed by atoms with Gasteiger partial charge in [0, 0.05) is 6.54 Å². The summed E-state index contributed by atoms with van der Waals surface area (Å²) in [6.45, 7) is 0.922. The monoisotopic (exact) mass is 298 g/mol. The molecule has 2 fully saturated rings. The van der Waals surface area contributed by atoms with Crippen molar-refractivity contribution in [2.75, 3.05) is 20.2 Å². The predicted octanol–water partition coefficient (Wildman–Crippen LogP) is -1.06. The largest absolute Gasteiger partial charge is 0.453 e. The molecule has 8 heteroatoms. The van der Waals surface area contributed by atoms with Gasteiger partial charge >= 0.3 is 6.09 Å². The fraction of sp³-hybridized carbons (Fsp3) is 0.769. The number of unbranched alkanes of at least 4 members (excludes halogenated alkanes) is 1. The first-order valence-electron chi connectivity index (χ1n) is 7.22. The first-order valence-corrected chi connectivity index (χ1v) is 7.22. The van der Waals surface area contributed by atoms with E-state index in [2.05, 4.69) is 15.4 Å². The molecular formula is C13H22N4O4. The van der Waals surface area contributed by atoms with Gasteiger partial charge in [0.2, 0.25) is 11.8 Å². The third kappa shape index (κ3) is 3.44. The topological polar surface area (TPSA) is 114 Å². The molecule has 21 heavy (non-hydrogen) atoms. The van der Waals surface area contributed by atoms with Gasteiger partial charge in [-0.15, -0.1) is 0 Å². The molecule has 0 aromatic rings. The van der Waals surface area contributed by atoms with Gasteiger partial charge in [-0.2, -0.15) is 0 Å². The van der Waals surface area contributed by atoms with Crippen LogP contribution < -0.4 is 16.4 Å². The van der Waals surface area contributed by atoms with E-state index in [4.69, 9.17) is 5.73 Å². The van der Waals surface area contributed by atoms with E-state index in [0.29, 0.717) is 25.9 Å². The number of carbonyl (C=O) groups excluding carboxylic acids is 3. The summed E-state index contributed by atoms with van der Waals surface area (Å²) in [5, 5.41) is 5.41. The van der Waals surface area contributed by atoms with Gasteiger partial charge in [0.1, 0.15) is 12.1 Å². The van der Waals surface area contributed by atoms with Crippen LogP contribution in [-0.4, -0.2) is 61.1 Å². The standard InChI is InChI=1S/C13H22N4O4/c1-21-13(20)15-8-6-10-11(18)16-9(4-2-3-5-14)12(19)17(10)7-8/h8-10H,2-7,14H2,1H3,(H,15,20)(H,16,18)/t8-,9-,10-/m0/s1. The molecule has 0 bridgehead atoms. The van der Waals surface area contributed by atoms with E-state index >= 15 is 0 Å². The maximum atomic E-state index is 12.4. The number of piperazine rings is 1. The van der Waals surface area contributed by atoms with Crippen LogP contribution in [0.25, 0.3) is 0 Å². The first kappa shape index (κ1) is 15.6. The average Bonchev–Trinajstić information content (AvgIpc) is 2.88. The van der Waals surface area contributed by atoms with Crippen LogP contribution >= 0.6 is 0 Å². The molecule has 0 unspecified atom stereocenters. The second-order valence-electron chi connectivity index (χ2n) is 5.42. The molecule has 0 saturated carbocycles. The Kier molecular flexibility index (Phi) is 5.00. The zero-order valence-corrected chi connectivity index (χ0v) is 12.1. The Morgan fingerprint density at radius 1 is 1.48 bits per heavy atom. The summed E-state index contributed by atoms with van der Waals surface area (Å²) in [5.41, 5.74) is 5.43. The first-order chi connectivity index (χ1) is 10.1. The molecule has 2 saturated heterocycles. The molecule has 4 N–H and O–H groups in total. The second kappa shape index (κ2) is 6.75. The number of nitrogens with zero attached hydrogens (tertiary/aromatic N) is 1. The van der Waals surface area contributed by atoms with E-state index in [9.17, 15) is 14.4 Å². The third-order valence-electron chi connectivity index (χ3n) is 3.96. The zero-order chi connectivity index (χ0) is 15.4. The highest BCUT2D eigenvalue weighted by atomic mass is 16.5. The fourth-order valence-corrected chi connectivity index (χ4v) is 2.88. The molecule has 2 aliphatic heterocycles. The predicted molar refractivity (Wildman–Crippen MR) is 74.3 cm³/mol.